The molecule has 0 aliphatic heterocycles. The summed E-state index contributed by atoms with van der Waals surface area (Å²) in [6.45, 7) is 12.3. The first-order chi connectivity index (χ1) is 17.8. The van der Waals surface area contributed by atoms with E-state index < -0.39 is 17.9 Å². The maximum Gasteiger partial charge on any atom is 0.335 e. The Labute approximate surface area is 213 Å². The Hall–Kier alpha value is -5.24. The van der Waals surface area contributed by atoms with Crippen molar-refractivity contribution in [1.82, 2.24) is 0 Å². The highest BCUT2D eigenvalue weighted by Crippen LogP contribution is 2.36. The molecule has 0 aliphatic carbocycles. The highest BCUT2D eigenvalue weighted by molar-refractivity contribution is 5.86. The number of benzene rings is 3. The normalized spacial score (nSPS) is 9.97. The predicted octanol–water partition coefficient (Wildman–Crippen LogP) is 5.14. The quantitative estimate of drug-likeness (QED) is 0.164. The van der Waals surface area contributed by atoms with Gasteiger partial charge in [-0.2, -0.15) is 0 Å². The monoisotopic (exact) mass is 498 g/mol. The summed E-state index contributed by atoms with van der Waals surface area (Å²) >= 11 is 0. The molecule has 0 heterocycles. The Morgan fingerprint density at radius 2 is 1.08 bits per heavy atom. The van der Waals surface area contributed by atoms with Crippen LogP contribution in [0.2, 0.25) is 0 Å². The summed E-state index contributed by atoms with van der Waals surface area (Å²) in [7, 11) is 0. The summed E-state index contributed by atoms with van der Waals surface area (Å²) in [6.07, 6.45) is 3.06. The number of aryl methyl sites for hydroxylation is 1. The molecule has 0 amide bonds. The second kappa shape index (κ2) is 11.9. The highest BCUT2D eigenvalue weighted by Gasteiger charge is 2.13. The second-order valence-electron chi connectivity index (χ2n) is 7.51. The maximum atomic E-state index is 11.7. The van der Waals surface area contributed by atoms with Crippen molar-refractivity contribution in [2.24, 2.45) is 0 Å². The molecule has 37 heavy (non-hydrogen) atoms. The average Bonchev–Trinajstić information content (AvgIpc) is 2.88. The fourth-order valence-electron chi connectivity index (χ4n) is 3.41. The lowest BCUT2D eigenvalue weighted by Crippen LogP contribution is -2.06. The lowest BCUT2D eigenvalue weighted by atomic mass is 9.95. The SMILES string of the molecule is C=CC(=O)Oc1cc(OC(=O)C=C)cc(-c2ccc(-c3cc(OC=O)cc(OC(=O)C=C)c3)c(C)c2)c1. The molecule has 0 bridgehead atoms. The van der Waals surface area contributed by atoms with Crippen LogP contribution >= 0.6 is 0 Å². The van der Waals surface area contributed by atoms with Crippen molar-refractivity contribution >= 4 is 24.4 Å². The van der Waals surface area contributed by atoms with E-state index in [0.717, 1.165) is 34.9 Å². The van der Waals surface area contributed by atoms with Gasteiger partial charge in [0.2, 0.25) is 0 Å². The second-order valence-corrected chi connectivity index (χ2v) is 7.51. The first kappa shape index (κ1) is 26.4. The van der Waals surface area contributed by atoms with Gasteiger partial charge in [0.15, 0.2) is 0 Å². The molecule has 186 valence electrons. The highest BCUT2D eigenvalue weighted by atomic mass is 16.5. The third-order valence-corrected chi connectivity index (χ3v) is 4.97. The third-order valence-electron chi connectivity index (χ3n) is 4.97. The minimum absolute atomic E-state index is 0.156. The number of esters is 3. The summed E-state index contributed by atoms with van der Waals surface area (Å²) in [5, 5.41) is 0. The smallest absolute Gasteiger partial charge is 0.335 e. The molecule has 3 rings (SSSR count). The standard InChI is InChI=1S/C29H22O8/c1-5-27(31)35-23-11-20(12-24(16-23)36-28(32)6-2)19-8-9-26(18(4)10-19)21-13-22(34-17-30)15-25(14-21)37-29(33)7-3/h5-17H,1-3H2,4H3. The number of carbonyl (C=O) groups is 4. The van der Waals surface area contributed by atoms with Gasteiger partial charge in [-0.05, 0) is 59.0 Å². The number of ether oxygens (including phenoxy) is 4. The van der Waals surface area contributed by atoms with Crippen LogP contribution in [0.4, 0.5) is 0 Å². The van der Waals surface area contributed by atoms with Crippen LogP contribution in [0.25, 0.3) is 22.3 Å². The van der Waals surface area contributed by atoms with Crippen molar-refractivity contribution in [1.29, 1.82) is 0 Å². The zero-order chi connectivity index (χ0) is 26.9. The van der Waals surface area contributed by atoms with Crippen LogP contribution in [0.3, 0.4) is 0 Å². The predicted molar refractivity (Wildman–Crippen MR) is 136 cm³/mol. The van der Waals surface area contributed by atoms with Crippen LogP contribution < -0.4 is 18.9 Å². The molecule has 0 atom stereocenters. The van der Waals surface area contributed by atoms with E-state index in [9.17, 15) is 19.2 Å². The van der Waals surface area contributed by atoms with Crippen LogP contribution in [0.5, 0.6) is 23.0 Å². The fourth-order valence-corrected chi connectivity index (χ4v) is 3.41. The number of rotatable bonds is 10. The summed E-state index contributed by atoms with van der Waals surface area (Å²) in [5.74, 6) is -1.33. The van der Waals surface area contributed by atoms with Crippen LogP contribution in [0.15, 0.2) is 92.6 Å². The van der Waals surface area contributed by atoms with Gasteiger partial charge in [0.05, 0.1) is 0 Å². The van der Waals surface area contributed by atoms with E-state index in [0.29, 0.717) is 11.1 Å². The van der Waals surface area contributed by atoms with Crippen LogP contribution in [0.1, 0.15) is 5.56 Å². The molecule has 0 N–H and O–H groups in total. The molecule has 0 fully saturated rings. The van der Waals surface area contributed by atoms with Crippen LogP contribution in [-0.2, 0) is 19.2 Å². The minimum Gasteiger partial charge on any atom is -0.429 e. The van der Waals surface area contributed by atoms with Crippen molar-refractivity contribution in [3.05, 3.63) is 98.1 Å². The molecule has 0 unspecified atom stereocenters. The molecular weight excluding hydrogens is 476 g/mol. The van der Waals surface area contributed by atoms with Crippen molar-refractivity contribution in [2.75, 3.05) is 0 Å². The van der Waals surface area contributed by atoms with Crippen molar-refractivity contribution < 1.29 is 38.1 Å². The largest absolute Gasteiger partial charge is 0.429 e. The molecule has 0 radical (unpaired) electrons. The minimum atomic E-state index is -0.671. The first-order valence-electron chi connectivity index (χ1n) is 10.8. The summed E-state index contributed by atoms with van der Waals surface area (Å²) < 4.78 is 20.6. The Morgan fingerprint density at radius 3 is 1.54 bits per heavy atom. The average molecular weight is 498 g/mol. The van der Waals surface area contributed by atoms with E-state index in [1.165, 1.54) is 12.1 Å². The van der Waals surface area contributed by atoms with Gasteiger partial charge < -0.3 is 18.9 Å². The molecule has 0 saturated heterocycles. The van der Waals surface area contributed by atoms with Gasteiger partial charge in [0.1, 0.15) is 23.0 Å². The molecule has 0 aromatic heterocycles. The molecule has 8 heteroatoms. The molecule has 0 saturated carbocycles. The van der Waals surface area contributed by atoms with Crippen molar-refractivity contribution in [3.63, 3.8) is 0 Å². The van der Waals surface area contributed by atoms with Crippen molar-refractivity contribution in [2.45, 2.75) is 6.92 Å². The van der Waals surface area contributed by atoms with Gasteiger partial charge >= 0.3 is 17.9 Å². The summed E-state index contributed by atoms with van der Waals surface area (Å²) in [4.78, 5) is 46.0. The van der Waals surface area contributed by atoms with Gasteiger partial charge in [0, 0.05) is 30.4 Å². The van der Waals surface area contributed by atoms with E-state index in [2.05, 4.69) is 19.7 Å². The molecule has 8 nitrogen and oxygen atoms in total. The summed E-state index contributed by atoms with van der Waals surface area (Å²) in [6, 6.07) is 14.8. The number of hydrogen-bond donors (Lipinski definition) is 0. The Kier molecular flexibility index (Phi) is 8.51. The van der Waals surface area contributed by atoms with E-state index in [-0.39, 0.29) is 29.5 Å². The molecule has 3 aromatic rings. The van der Waals surface area contributed by atoms with E-state index >= 15 is 0 Å². The van der Waals surface area contributed by atoms with Crippen molar-refractivity contribution in [3.8, 4) is 45.3 Å². The molecule has 0 aliphatic rings. The van der Waals surface area contributed by atoms with Gasteiger partial charge in [-0.3, -0.25) is 4.79 Å². The van der Waals surface area contributed by atoms with E-state index in [1.807, 2.05) is 19.1 Å². The first-order valence-corrected chi connectivity index (χ1v) is 10.8. The van der Waals surface area contributed by atoms with E-state index in [1.54, 1.807) is 30.3 Å². The molecule has 0 spiro atoms. The number of carbonyl (C=O) groups excluding carboxylic acids is 4. The molecule has 3 aromatic carbocycles. The Morgan fingerprint density at radius 1 is 0.622 bits per heavy atom. The van der Waals surface area contributed by atoms with Crippen LogP contribution in [-0.4, -0.2) is 24.4 Å². The number of hydrogen-bond acceptors (Lipinski definition) is 8. The van der Waals surface area contributed by atoms with Crippen LogP contribution in [0, 0.1) is 6.92 Å². The Balaban J connectivity index is 2.05. The zero-order valence-electron chi connectivity index (χ0n) is 19.9. The Bertz CT molecular complexity index is 1380. The summed E-state index contributed by atoms with van der Waals surface area (Å²) in [5.41, 5.74) is 3.55. The van der Waals surface area contributed by atoms with Gasteiger partial charge in [-0.25, -0.2) is 14.4 Å². The lowest BCUT2D eigenvalue weighted by Gasteiger charge is -2.13. The van der Waals surface area contributed by atoms with Gasteiger partial charge in [-0.15, -0.1) is 0 Å². The lowest BCUT2D eigenvalue weighted by molar-refractivity contribution is -0.130. The topological polar surface area (TPSA) is 105 Å². The van der Waals surface area contributed by atoms with Gasteiger partial charge in [-0.1, -0.05) is 37.9 Å². The van der Waals surface area contributed by atoms with Gasteiger partial charge in [0.25, 0.3) is 6.47 Å². The maximum absolute atomic E-state index is 11.7. The molecular formula is C29H22O8. The zero-order valence-corrected chi connectivity index (χ0v) is 19.9. The van der Waals surface area contributed by atoms with E-state index in [4.69, 9.17) is 18.9 Å². The third kappa shape index (κ3) is 6.89. The fraction of sp³-hybridized carbons (Fsp3) is 0.0345.